The van der Waals surface area contributed by atoms with Gasteiger partial charge in [-0.1, -0.05) is 6.07 Å². The van der Waals surface area contributed by atoms with Gasteiger partial charge in [-0.2, -0.15) is 5.26 Å². The van der Waals surface area contributed by atoms with Gasteiger partial charge in [0.25, 0.3) is 0 Å². The molecule has 0 spiro atoms. The van der Waals surface area contributed by atoms with E-state index in [-0.39, 0.29) is 5.75 Å². The standard InChI is InChI=1S/C14H11FN2OS/c1-19-14-4-2-3-12(10(14)8-16)18-13-6-5-9(17)7-11(13)15/h2-7H,17H2,1H3. The zero-order valence-electron chi connectivity index (χ0n) is 10.2. The maximum atomic E-state index is 13.7. The summed E-state index contributed by atoms with van der Waals surface area (Å²) < 4.78 is 19.1. The summed E-state index contributed by atoms with van der Waals surface area (Å²) in [6.07, 6.45) is 1.86. The van der Waals surface area contributed by atoms with Crippen LogP contribution in [-0.2, 0) is 0 Å². The van der Waals surface area contributed by atoms with Gasteiger partial charge in [-0.3, -0.25) is 0 Å². The Hall–Kier alpha value is -2.19. The van der Waals surface area contributed by atoms with Crippen molar-refractivity contribution in [3.63, 3.8) is 0 Å². The lowest BCUT2D eigenvalue weighted by atomic mass is 10.2. The summed E-state index contributed by atoms with van der Waals surface area (Å²) in [4.78, 5) is 0.788. The van der Waals surface area contributed by atoms with Gasteiger partial charge >= 0.3 is 0 Å². The number of benzene rings is 2. The third-order valence-electron chi connectivity index (χ3n) is 2.50. The van der Waals surface area contributed by atoms with E-state index < -0.39 is 5.82 Å². The van der Waals surface area contributed by atoms with Gasteiger partial charge in [0.2, 0.25) is 0 Å². The van der Waals surface area contributed by atoms with Crippen LogP contribution < -0.4 is 10.5 Å². The van der Waals surface area contributed by atoms with Crippen LogP contribution in [0, 0.1) is 17.1 Å². The molecule has 0 aliphatic heterocycles. The average molecular weight is 274 g/mol. The molecule has 0 heterocycles. The molecule has 19 heavy (non-hydrogen) atoms. The second-order valence-corrected chi connectivity index (χ2v) is 4.59. The number of hydrogen-bond donors (Lipinski definition) is 1. The monoisotopic (exact) mass is 274 g/mol. The van der Waals surface area contributed by atoms with Gasteiger partial charge in [0.15, 0.2) is 11.6 Å². The third kappa shape index (κ3) is 2.80. The van der Waals surface area contributed by atoms with E-state index in [1.165, 1.54) is 23.9 Å². The van der Waals surface area contributed by atoms with Crippen molar-refractivity contribution in [1.82, 2.24) is 0 Å². The van der Waals surface area contributed by atoms with E-state index in [0.717, 1.165) is 4.90 Å². The van der Waals surface area contributed by atoms with Crippen molar-refractivity contribution in [3.8, 4) is 17.6 Å². The molecule has 0 atom stereocenters. The summed E-state index contributed by atoms with van der Waals surface area (Å²) in [5, 5.41) is 9.16. The molecular weight excluding hydrogens is 263 g/mol. The lowest BCUT2D eigenvalue weighted by Crippen LogP contribution is -1.94. The summed E-state index contributed by atoms with van der Waals surface area (Å²) in [5.74, 6) is -0.180. The van der Waals surface area contributed by atoms with Crippen LogP contribution in [0.1, 0.15) is 5.56 Å². The maximum Gasteiger partial charge on any atom is 0.167 e. The second-order valence-electron chi connectivity index (χ2n) is 3.74. The summed E-state index contributed by atoms with van der Waals surface area (Å²) in [7, 11) is 0. The zero-order chi connectivity index (χ0) is 13.8. The number of nitriles is 1. The number of hydrogen-bond acceptors (Lipinski definition) is 4. The van der Waals surface area contributed by atoms with Crippen molar-refractivity contribution < 1.29 is 9.13 Å². The lowest BCUT2D eigenvalue weighted by molar-refractivity contribution is 0.440. The highest BCUT2D eigenvalue weighted by molar-refractivity contribution is 7.98. The van der Waals surface area contributed by atoms with Crippen LogP contribution in [0.25, 0.3) is 0 Å². The van der Waals surface area contributed by atoms with Crippen LogP contribution in [-0.4, -0.2) is 6.26 Å². The first-order valence-corrected chi connectivity index (χ1v) is 6.68. The molecule has 2 aromatic carbocycles. The van der Waals surface area contributed by atoms with Crippen LogP contribution in [0.2, 0.25) is 0 Å². The highest BCUT2D eigenvalue weighted by Gasteiger charge is 2.11. The summed E-state index contributed by atoms with van der Waals surface area (Å²) in [6, 6.07) is 11.4. The number of rotatable bonds is 3. The van der Waals surface area contributed by atoms with Gasteiger partial charge in [0.05, 0.1) is 0 Å². The average Bonchev–Trinajstić information content (AvgIpc) is 2.41. The predicted octanol–water partition coefficient (Wildman–Crippen LogP) is 3.79. The quantitative estimate of drug-likeness (QED) is 0.683. The molecule has 0 aliphatic rings. The van der Waals surface area contributed by atoms with Gasteiger partial charge in [-0.15, -0.1) is 11.8 Å². The van der Waals surface area contributed by atoms with Crippen LogP contribution in [0.15, 0.2) is 41.3 Å². The Balaban J connectivity index is 2.41. The highest BCUT2D eigenvalue weighted by Crippen LogP contribution is 2.32. The molecule has 5 heteroatoms. The Morgan fingerprint density at radius 3 is 2.68 bits per heavy atom. The fourth-order valence-corrected chi connectivity index (χ4v) is 2.16. The summed E-state index contributed by atoms with van der Waals surface area (Å²) in [6.45, 7) is 0. The van der Waals surface area contributed by atoms with E-state index >= 15 is 0 Å². The predicted molar refractivity (Wildman–Crippen MR) is 73.8 cm³/mol. The largest absolute Gasteiger partial charge is 0.453 e. The number of nitrogens with two attached hydrogens (primary N) is 1. The molecule has 0 saturated carbocycles. The minimum atomic E-state index is -0.557. The molecule has 2 rings (SSSR count). The molecule has 3 nitrogen and oxygen atoms in total. The van der Waals surface area contributed by atoms with Crippen LogP contribution >= 0.6 is 11.8 Å². The minimum Gasteiger partial charge on any atom is -0.453 e. The van der Waals surface area contributed by atoms with Crippen molar-refractivity contribution in [2.75, 3.05) is 12.0 Å². The molecule has 96 valence electrons. The van der Waals surface area contributed by atoms with Crippen molar-refractivity contribution in [2.45, 2.75) is 4.90 Å². The molecule has 0 aliphatic carbocycles. The van der Waals surface area contributed by atoms with Gasteiger partial charge in [-0.25, -0.2) is 4.39 Å². The molecule has 0 radical (unpaired) electrons. The molecule has 0 aromatic heterocycles. The smallest absolute Gasteiger partial charge is 0.167 e. The van der Waals surface area contributed by atoms with Crippen LogP contribution in [0.5, 0.6) is 11.5 Å². The van der Waals surface area contributed by atoms with Crippen molar-refractivity contribution in [1.29, 1.82) is 5.26 Å². The molecule has 0 unspecified atom stereocenters. The number of nitrogens with zero attached hydrogens (tertiary/aromatic N) is 1. The number of nitrogen functional groups attached to an aromatic ring is 1. The van der Waals surface area contributed by atoms with E-state index in [1.807, 2.05) is 12.3 Å². The molecule has 2 aromatic rings. The lowest BCUT2D eigenvalue weighted by Gasteiger charge is -2.10. The Bertz CT molecular complexity index is 652. The molecular formula is C14H11FN2OS. The first-order chi connectivity index (χ1) is 9.15. The maximum absolute atomic E-state index is 13.7. The van der Waals surface area contributed by atoms with E-state index in [9.17, 15) is 4.39 Å². The summed E-state index contributed by atoms with van der Waals surface area (Å²) >= 11 is 1.44. The zero-order valence-corrected chi connectivity index (χ0v) is 11.0. The topological polar surface area (TPSA) is 59.0 Å². The van der Waals surface area contributed by atoms with E-state index in [2.05, 4.69) is 6.07 Å². The van der Waals surface area contributed by atoms with Crippen LogP contribution in [0.3, 0.4) is 0 Å². The second kappa shape index (κ2) is 5.63. The SMILES string of the molecule is CSc1cccc(Oc2ccc(N)cc2F)c1C#N. The minimum absolute atomic E-state index is 0.0453. The highest BCUT2D eigenvalue weighted by atomic mass is 32.2. The Kier molecular flexibility index (Phi) is 3.93. The molecule has 0 bridgehead atoms. The molecule has 0 fully saturated rings. The van der Waals surface area contributed by atoms with E-state index in [1.54, 1.807) is 18.2 Å². The normalized spacial score (nSPS) is 9.95. The van der Waals surface area contributed by atoms with Crippen molar-refractivity contribution >= 4 is 17.4 Å². The van der Waals surface area contributed by atoms with Crippen molar-refractivity contribution in [3.05, 3.63) is 47.8 Å². The fourth-order valence-electron chi connectivity index (χ4n) is 1.59. The molecule has 0 saturated heterocycles. The third-order valence-corrected chi connectivity index (χ3v) is 3.28. The fraction of sp³-hybridized carbons (Fsp3) is 0.0714. The number of anilines is 1. The Morgan fingerprint density at radius 1 is 1.26 bits per heavy atom. The van der Waals surface area contributed by atoms with E-state index in [0.29, 0.717) is 17.0 Å². The summed E-state index contributed by atoms with van der Waals surface area (Å²) in [5.41, 5.74) is 6.19. The molecule has 0 amide bonds. The number of halogens is 1. The molecule has 2 N–H and O–H groups in total. The Morgan fingerprint density at radius 2 is 2.05 bits per heavy atom. The number of thioether (sulfide) groups is 1. The first-order valence-electron chi connectivity index (χ1n) is 5.45. The first kappa shape index (κ1) is 13.2. The Labute approximate surface area is 114 Å². The van der Waals surface area contributed by atoms with Gasteiger partial charge < -0.3 is 10.5 Å². The van der Waals surface area contributed by atoms with Crippen molar-refractivity contribution in [2.24, 2.45) is 0 Å². The number of ether oxygens (including phenoxy) is 1. The van der Waals surface area contributed by atoms with Gasteiger partial charge in [0, 0.05) is 16.6 Å². The van der Waals surface area contributed by atoms with Crippen LogP contribution in [0.4, 0.5) is 10.1 Å². The van der Waals surface area contributed by atoms with E-state index in [4.69, 9.17) is 15.7 Å². The van der Waals surface area contributed by atoms with Gasteiger partial charge in [-0.05, 0) is 30.5 Å². The van der Waals surface area contributed by atoms with Gasteiger partial charge in [0.1, 0.15) is 17.4 Å².